The van der Waals surface area contributed by atoms with Crippen LogP contribution in [0.3, 0.4) is 0 Å². The third-order valence-electron chi connectivity index (χ3n) is 4.08. The van der Waals surface area contributed by atoms with Crippen LogP contribution in [0.2, 0.25) is 0 Å². The van der Waals surface area contributed by atoms with E-state index in [1.54, 1.807) is 13.2 Å². The zero-order valence-electron chi connectivity index (χ0n) is 15.5. The maximum Gasteiger partial charge on any atom is 0.268 e. The summed E-state index contributed by atoms with van der Waals surface area (Å²) in [7, 11) is 1.62. The Hall–Kier alpha value is -1.11. The molecule has 5 nitrogen and oxygen atoms in total. The molecular weight excluding hydrogens is 372 g/mol. The Kier molecular flexibility index (Phi) is 7.70. The molecule has 0 fully saturated rings. The van der Waals surface area contributed by atoms with Crippen molar-refractivity contribution in [2.45, 2.75) is 47.1 Å². The van der Waals surface area contributed by atoms with E-state index in [1.165, 1.54) is 5.01 Å². The van der Waals surface area contributed by atoms with E-state index in [0.29, 0.717) is 24.5 Å². The predicted octanol–water partition coefficient (Wildman–Crippen LogP) is 3.92. The van der Waals surface area contributed by atoms with Crippen LogP contribution in [-0.4, -0.2) is 37.3 Å². The van der Waals surface area contributed by atoms with E-state index in [4.69, 9.17) is 15.3 Å². The molecule has 0 unspecified atom stereocenters. The van der Waals surface area contributed by atoms with Crippen molar-refractivity contribution >= 4 is 21.8 Å². The fourth-order valence-electron chi connectivity index (χ4n) is 2.80. The smallest absolute Gasteiger partial charge is 0.268 e. The molecule has 1 aromatic carbocycles. The Labute approximate surface area is 153 Å². The molecule has 136 valence electrons. The van der Waals surface area contributed by atoms with Crippen LogP contribution in [0.1, 0.15) is 50.0 Å². The Morgan fingerprint density at radius 3 is 2.46 bits per heavy atom. The first-order chi connectivity index (χ1) is 11.1. The maximum absolute atomic E-state index is 12.9. The van der Waals surface area contributed by atoms with Crippen LogP contribution in [0.25, 0.3) is 0 Å². The highest BCUT2D eigenvalue weighted by molar-refractivity contribution is 9.10. The maximum atomic E-state index is 12.9. The summed E-state index contributed by atoms with van der Waals surface area (Å²) in [6, 6.07) is 3.54. The molecule has 0 radical (unpaired) electrons. The van der Waals surface area contributed by atoms with Gasteiger partial charge in [0.25, 0.3) is 5.91 Å². The first-order valence-corrected chi connectivity index (χ1v) is 8.93. The molecule has 0 heterocycles. The minimum absolute atomic E-state index is 0.0501. The van der Waals surface area contributed by atoms with Crippen molar-refractivity contribution in [2.24, 2.45) is 11.3 Å². The molecule has 1 amide bonds. The van der Waals surface area contributed by atoms with Crippen molar-refractivity contribution in [2.75, 3.05) is 20.3 Å². The van der Waals surface area contributed by atoms with E-state index in [2.05, 4.69) is 36.7 Å². The van der Waals surface area contributed by atoms with Crippen LogP contribution in [0.4, 0.5) is 0 Å². The summed E-state index contributed by atoms with van der Waals surface area (Å²) < 4.78 is 11.6. The monoisotopic (exact) mass is 400 g/mol. The second-order valence-electron chi connectivity index (χ2n) is 6.89. The van der Waals surface area contributed by atoms with E-state index in [9.17, 15) is 4.79 Å². The lowest BCUT2D eigenvalue weighted by molar-refractivity contribution is 0.0504. The van der Waals surface area contributed by atoms with Crippen LogP contribution in [0.5, 0.6) is 5.75 Å². The van der Waals surface area contributed by atoms with Crippen LogP contribution < -0.4 is 10.6 Å². The first-order valence-electron chi connectivity index (χ1n) is 8.14. The molecule has 0 aromatic heterocycles. The minimum atomic E-state index is -0.196. The standard InChI is InChI=1S/C18H29BrN2O3/c1-7-15(18(3,4)5)21(20)17(22)13-8-9-14(19)16(12(13)2)24-11-10-23-6/h8-9,15H,7,10-11,20H2,1-6H3/t15-/m1/s1. The minimum Gasteiger partial charge on any atom is -0.490 e. The van der Waals surface area contributed by atoms with Crippen molar-refractivity contribution in [3.8, 4) is 5.75 Å². The van der Waals surface area contributed by atoms with Gasteiger partial charge in [-0.3, -0.25) is 9.80 Å². The lowest BCUT2D eigenvalue weighted by atomic mass is 9.84. The number of methoxy groups -OCH3 is 1. The van der Waals surface area contributed by atoms with Gasteiger partial charge < -0.3 is 9.47 Å². The van der Waals surface area contributed by atoms with Crippen molar-refractivity contribution < 1.29 is 14.3 Å². The molecule has 0 saturated heterocycles. The van der Waals surface area contributed by atoms with Crippen LogP contribution in [0, 0.1) is 12.3 Å². The topological polar surface area (TPSA) is 64.8 Å². The van der Waals surface area contributed by atoms with Crippen LogP contribution in [0.15, 0.2) is 16.6 Å². The highest BCUT2D eigenvalue weighted by atomic mass is 79.9. The summed E-state index contributed by atoms with van der Waals surface area (Å²) >= 11 is 3.47. The molecular formula is C18H29BrN2O3. The van der Waals surface area contributed by atoms with Crippen LogP contribution >= 0.6 is 15.9 Å². The number of nitrogens with two attached hydrogens (primary N) is 1. The molecule has 2 N–H and O–H groups in total. The Morgan fingerprint density at radius 2 is 1.96 bits per heavy atom. The Morgan fingerprint density at radius 1 is 1.33 bits per heavy atom. The molecule has 24 heavy (non-hydrogen) atoms. The molecule has 0 saturated carbocycles. The third kappa shape index (κ3) is 4.94. The quantitative estimate of drug-likeness (QED) is 0.326. The largest absolute Gasteiger partial charge is 0.490 e. The number of halogens is 1. The number of rotatable bonds is 7. The van der Waals surface area contributed by atoms with Gasteiger partial charge in [-0.2, -0.15) is 0 Å². The summed E-state index contributed by atoms with van der Waals surface area (Å²) in [5.41, 5.74) is 1.22. The van der Waals surface area contributed by atoms with E-state index >= 15 is 0 Å². The summed E-state index contributed by atoms with van der Waals surface area (Å²) in [6.45, 7) is 11.1. The Balaban J connectivity index is 3.12. The highest BCUT2D eigenvalue weighted by Crippen LogP contribution is 2.33. The second-order valence-corrected chi connectivity index (χ2v) is 7.75. The van der Waals surface area contributed by atoms with Gasteiger partial charge in [0.15, 0.2) is 0 Å². The number of ether oxygens (including phenoxy) is 2. The number of carbonyl (C=O) groups is 1. The van der Waals surface area contributed by atoms with Gasteiger partial charge in [-0.25, -0.2) is 5.84 Å². The van der Waals surface area contributed by atoms with Gasteiger partial charge >= 0.3 is 0 Å². The first kappa shape index (κ1) is 20.9. The molecule has 1 aromatic rings. The van der Waals surface area contributed by atoms with Gasteiger partial charge in [0.2, 0.25) is 0 Å². The number of benzene rings is 1. The lowest BCUT2D eigenvalue weighted by Crippen LogP contribution is -2.51. The van der Waals surface area contributed by atoms with E-state index in [1.807, 2.05) is 19.9 Å². The Bertz CT molecular complexity index is 570. The fraction of sp³-hybridized carbons (Fsp3) is 0.611. The summed E-state index contributed by atoms with van der Waals surface area (Å²) in [6.07, 6.45) is 0.790. The van der Waals surface area contributed by atoms with Gasteiger partial charge in [-0.05, 0) is 46.8 Å². The number of hydrogen-bond donors (Lipinski definition) is 1. The zero-order chi connectivity index (χ0) is 18.5. The number of nitrogens with zero attached hydrogens (tertiary/aromatic N) is 1. The van der Waals surface area contributed by atoms with Gasteiger partial charge in [-0.1, -0.05) is 27.7 Å². The average molecular weight is 401 g/mol. The van der Waals surface area contributed by atoms with E-state index in [0.717, 1.165) is 16.5 Å². The molecule has 6 heteroatoms. The summed E-state index contributed by atoms with van der Waals surface area (Å²) in [5.74, 6) is 6.63. The zero-order valence-corrected chi connectivity index (χ0v) is 17.1. The normalized spacial score (nSPS) is 12.8. The molecule has 0 bridgehead atoms. The number of carbonyl (C=O) groups excluding carboxylic acids is 1. The summed E-state index contributed by atoms with van der Waals surface area (Å²) in [4.78, 5) is 12.9. The van der Waals surface area contributed by atoms with Crippen molar-refractivity contribution in [3.05, 3.63) is 27.7 Å². The molecule has 1 atom stereocenters. The van der Waals surface area contributed by atoms with Crippen molar-refractivity contribution in [1.82, 2.24) is 5.01 Å². The molecule has 0 aliphatic rings. The van der Waals surface area contributed by atoms with Gasteiger partial charge in [0.1, 0.15) is 12.4 Å². The number of hydrazine groups is 1. The summed E-state index contributed by atoms with van der Waals surface area (Å²) in [5, 5.41) is 1.36. The number of hydrogen-bond acceptors (Lipinski definition) is 4. The lowest BCUT2D eigenvalue weighted by Gasteiger charge is -2.37. The van der Waals surface area contributed by atoms with Crippen LogP contribution in [-0.2, 0) is 4.74 Å². The second kappa shape index (κ2) is 8.83. The van der Waals surface area contributed by atoms with E-state index in [-0.39, 0.29) is 17.4 Å². The molecule has 1 rings (SSSR count). The highest BCUT2D eigenvalue weighted by Gasteiger charge is 2.31. The van der Waals surface area contributed by atoms with Gasteiger partial charge in [0.05, 0.1) is 17.1 Å². The van der Waals surface area contributed by atoms with Gasteiger partial charge in [-0.15, -0.1) is 0 Å². The molecule has 0 spiro atoms. The van der Waals surface area contributed by atoms with Crippen molar-refractivity contribution in [3.63, 3.8) is 0 Å². The number of amides is 1. The van der Waals surface area contributed by atoms with Gasteiger partial charge in [0, 0.05) is 18.2 Å². The SMILES string of the molecule is CC[C@@H](N(N)C(=O)c1ccc(Br)c(OCCOC)c1C)C(C)(C)C. The molecule has 0 aliphatic heterocycles. The fourth-order valence-corrected chi connectivity index (χ4v) is 3.35. The average Bonchev–Trinajstić information content (AvgIpc) is 2.49. The van der Waals surface area contributed by atoms with E-state index < -0.39 is 0 Å². The molecule has 0 aliphatic carbocycles. The third-order valence-corrected chi connectivity index (χ3v) is 4.70. The van der Waals surface area contributed by atoms with Crippen molar-refractivity contribution in [1.29, 1.82) is 0 Å². The predicted molar refractivity (Wildman–Crippen MR) is 100 cm³/mol.